The Morgan fingerprint density at radius 3 is 2.00 bits per heavy atom. The Bertz CT molecular complexity index is 939. The lowest BCUT2D eigenvalue weighted by molar-refractivity contribution is 0.255. The first kappa shape index (κ1) is 18.0. The summed E-state index contributed by atoms with van der Waals surface area (Å²) in [5.74, 6) is 0.744. The van der Waals surface area contributed by atoms with Gasteiger partial charge in [-0.25, -0.2) is 4.79 Å². The molecular formula is C24H23N3O. The minimum Gasteiger partial charge on any atom is -0.368 e. The Labute approximate surface area is 165 Å². The van der Waals surface area contributed by atoms with Gasteiger partial charge in [-0.3, -0.25) is 4.90 Å². The number of nitrogens with one attached hydrogen (secondary N) is 1. The van der Waals surface area contributed by atoms with Gasteiger partial charge < -0.3 is 5.32 Å². The van der Waals surface area contributed by atoms with Crippen LogP contribution in [0.5, 0.6) is 0 Å². The molecule has 0 aliphatic carbocycles. The number of aryl methyl sites for hydroxylation is 1. The molecule has 0 saturated heterocycles. The predicted octanol–water partition coefficient (Wildman–Crippen LogP) is 4.82. The first-order chi connectivity index (χ1) is 13.8. The zero-order valence-electron chi connectivity index (χ0n) is 15.7. The number of nitrogens with zero attached hydrogens (tertiary/aromatic N) is 2. The minimum absolute atomic E-state index is 0.0983. The molecule has 28 heavy (non-hydrogen) atoms. The van der Waals surface area contributed by atoms with E-state index in [2.05, 4.69) is 34.6 Å². The van der Waals surface area contributed by atoms with Crippen molar-refractivity contribution >= 4 is 17.6 Å². The summed E-state index contributed by atoms with van der Waals surface area (Å²) in [4.78, 5) is 18.9. The first-order valence-electron chi connectivity index (χ1n) is 9.60. The van der Waals surface area contributed by atoms with Gasteiger partial charge >= 0.3 is 6.03 Å². The Hall–Kier alpha value is -3.40. The number of rotatable bonds is 6. The fourth-order valence-electron chi connectivity index (χ4n) is 3.53. The normalized spacial score (nSPS) is 16.1. The molecule has 1 unspecified atom stereocenters. The molecule has 4 rings (SSSR count). The van der Waals surface area contributed by atoms with E-state index in [-0.39, 0.29) is 12.1 Å². The molecule has 1 aliphatic rings. The second-order valence-corrected chi connectivity index (χ2v) is 6.86. The molecule has 0 bridgehead atoms. The van der Waals surface area contributed by atoms with Crippen LogP contribution in [0.2, 0.25) is 0 Å². The third-order valence-corrected chi connectivity index (χ3v) is 4.95. The maximum absolute atomic E-state index is 12.7. The van der Waals surface area contributed by atoms with Gasteiger partial charge in [-0.1, -0.05) is 78.9 Å². The number of carbonyl (C=O) groups excluding carboxylic acids is 1. The Balaban J connectivity index is 1.54. The van der Waals surface area contributed by atoms with E-state index in [0.717, 1.165) is 29.9 Å². The van der Waals surface area contributed by atoms with Gasteiger partial charge in [0, 0.05) is 12.2 Å². The largest absolute Gasteiger partial charge is 0.368 e. The van der Waals surface area contributed by atoms with Gasteiger partial charge in [-0.05, 0) is 36.1 Å². The van der Waals surface area contributed by atoms with Crippen molar-refractivity contribution in [3.05, 3.63) is 102 Å². The molecular weight excluding hydrogens is 346 g/mol. The van der Waals surface area contributed by atoms with Crippen molar-refractivity contribution in [2.75, 3.05) is 4.90 Å². The standard InChI is InChI=1S/C24H23N3O/c28-24-26-23(25-18-20-12-6-2-7-13-20)22(17-16-19-10-4-1-5-11-19)27(24)21-14-8-3-9-15-21/h1-15,22H,16-18H2,(H,25,26,28). The van der Waals surface area contributed by atoms with E-state index in [1.54, 1.807) is 4.90 Å². The van der Waals surface area contributed by atoms with Crippen molar-refractivity contribution in [2.24, 2.45) is 4.99 Å². The summed E-state index contributed by atoms with van der Waals surface area (Å²) in [6.07, 6.45) is 1.69. The third-order valence-electron chi connectivity index (χ3n) is 4.95. The lowest BCUT2D eigenvalue weighted by Crippen LogP contribution is -2.43. The van der Waals surface area contributed by atoms with E-state index in [0.29, 0.717) is 6.54 Å². The lowest BCUT2D eigenvalue weighted by atomic mass is 10.0. The van der Waals surface area contributed by atoms with Crippen molar-refractivity contribution in [2.45, 2.75) is 25.4 Å². The van der Waals surface area contributed by atoms with Crippen molar-refractivity contribution < 1.29 is 4.79 Å². The summed E-state index contributed by atoms with van der Waals surface area (Å²) in [5, 5.41) is 3.40. The number of amides is 2. The van der Waals surface area contributed by atoms with Gasteiger partial charge in [-0.15, -0.1) is 0 Å². The number of carbonyl (C=O) groups is 1. The highest BCUT2D eigenvalue weighted by molar-refractivity contribution is 6.13. The Morgan fingerprint density at radius 1 is 0.786 bits per heavy atom. The molecule has 4 heteroatoms. The zero-order valence-corrected chi connectivity index (χ0v) is 15.7. The molecule has 0 radical (unpaired) electrons. The maximum atomic E-state index is 12.7. The molecule has 0 fully saturated rings. The molecule has 0 spiro atoms. The van der Waals surface area contributed by atoms with E-state index >= 15 is 0 Å². The van der Waals surface area contributed by atoms with Gasteiger partial charge in [0.1, 0.15) is 5.84 Å². The van der Waals surface area contributed by atoms with E-state index in [1.807, 2.05) is 66.7 Å². The molecule has 0 aromatic heterocycles. The van der Waals surface area contributed by atoms with Crippen LogP contribution >= 0.6 is 0 Å². The summed E-state index contributed by atoms with van der Waals surface area (Å²) in [6.45, 7) is 0.650. The number of hydrogen-bond donors (Lipinski definition) is 1. The molecule has 0 saturated carbocycles. The van der Waals surface area contributed by atoms with Crippen LogP contribution in [-0.2, 0) is 13.0 Å². The fraction of sp³-hybridized carbons (Fsp3) is 0.167. The number of anilines is 1. The molecule has 1 aliphatic heterocycles. The smallest absolute Gasteiger partial charge is 0.350 e. The highest BCUT2D eigenvalue weighted by Crippen LogP contribution is 2.25. The van der Waals surface area contributed by atoms with Gasteiger partial charge in [-0.2, -0.15) is 4.99 Å². The molecule has 4 nitrogen and oxygen atoms in total. The average Bonchev–Trinajstić information content (AvgIpc) is 3.08. The van der Waals surface area contributed by atoms with Crippen LogP contribution in [0.1, 0.15) is 17.5 Å². The Kier molecular flexibility index (Phi) is 5.48. The minimum atomic E-state index is -0.208. The summed E-state index contributed by atoms with van der Waals surface area (Å²) >= 11 is 0. The number of aliphatic imine (C=N–C) groups is 1. The number of benzene rings is 3. The van der Waals surface area contributed by atoms with Crippen molar-refractivity contribution in [1.82, 2.24) is 5.32 Å². The van der Waals surface area contributed by atoms with Gasteiger partial charge in [0.15, 0.2) is 0 Å². The highest BCUT2D eigenvalue weighted by Gasteiger charge is 2.35. The van der Waals surface area contributed by atoms with E-state index in [4.69, 9.17) is 0 Å². The summed E-state index contributed by atoms with van der Waals surface area (Å²) in [5.41, 5.74) is 3.31. The van der Waals surface area contributed by atoms with Crippen LogP contribution in [0.25, 0.3) is 0 Å². The van der Waals surface area contributed by atoms with Crippen LogP contribution in [0.15, 0.2) is 96.0 Å². The fourth-order valence-corrected chi connectivity index (χ4v) is 3.53. The van der Waals surface area contributed by atoms with Gasteiger partial charge in [0.25, 0.3) is 0 Å². The van der Waals surface area contributed by atoms with Crippen LogP contribution in [0.4, 0.5) is 10.5 Å². The highest BCUT2D eigenvalue weighted by atomic mass is 16.2. The van der Waals surface area contributed by atoms with Crippen molar-refractivity contribution in [1.29, 1.82) is 0 Å². The second kappa shape index (κ2) is 8.53. The number of para-hydroxylation sites is 1. The van der Waals surface area contributed by atoms with Crippen molar-refractivity contribution in [3.63, 3.8) is 0 Å². The van der Waals surface area contributed by atoms with Gasteiger partial charge in [0.2, 0.25) is 0 Å². The molecule has 140 valence electrons. The molecule has 1 N–H and O–H groups in total. The van der Waals surface area contributed by atoms with Gasteiger partial charge in [0.05, 0.1) is 6.04 Å². The SMILES string of the molecule is O=C1N=C(NCc2ccccc2)C(CCc2ccccc2)N1c1ccccc1. The topological polar surface area (TPSA) is 44.7 Å². The monoisotopic (exact) mass is 369 g/mol. The summed E-state index contributed by atoms with van der Waals surface area (Å²) in [7, 11) is 0. The maximum Gasteiger partial charge on any atom is 0.350 e. The summed E-state index contributed by atoms with van der Waals surface area (Å²) in [6, 6.07) is 30.0. The predicted molar refractivity (Wildman–Crippen MR) is 114 cm³/mol. The molecule has 1 heterocycles. The summed E-state index contributed by atoms with van der Waals surface area (Å²) < 4.78 is 0. The van der Waals surface area contributed by atoms with Crippen LogP contribution in [0.3, 0.4) is 0 Å². The quantitative estimate of drug-likeness (QED) is 0.677. The second-order valence-electron chi connectivity index (χ2n) is 6.86. The first-order valence-corrected chi connectivity index (χ1v) is 9.60. The van der Waals surface area contributed by atoms with E-state index < -0.39 is 0 Å². The zero-order chi connectivity index (χ0) is 19.2. The number of urea groups is 1. The van der Waals surface area contributed by atoms with E-state index in [9.17, 15) is 4.79 Å². The number of amidine groups is 1. The molecule has 3 aromatic rings. The molecule has 1 atom stereocenters. The van der Waals surface area contributed by atoms with Crippen molar-refractivity contribution in [3.8, 4) is 0 Å². The van der Waals surface area contributed by atoms with E-state index in [1.165, 1.54) is 5.56 Å². The lowest BCUT2D eigenvalue weighted by Gasteiger charge is -2.26. The van der Waals surface area contributed by atoms with Crippen LogP contribution in [-0.4, -0.2) is 17.9 Å². The average molecular weight is 369 g/mol. The number of hydrogen-bond acceptors (Lipinski definition) is 2. The van der Waals surface area contributed by atoms with Crippen LogP contribution < -0.4 is 10.2 Å². The Morgan fingerprint density at radius 2 is 1.36 bits per heavy atom. The third kappa shape index (κ3) is 4.12. The molecule has 2 amide bonds. The molecule has 3 aromatic carbocycles. The van der Waals surface area contributed by atoms with Crippen LogP contribution in [0, 0.1) is 0 Å².